The summed E-state index contributed by atoms with van der Waals surface area (Å²) in [6.45, 7) is 0. The van der Waals surface area contributed by atoms with Crippen LogP contribution < -0.4 is 15.3 Å². The van der Waals surface area contributed by atoms with Crippen molar-refractivity contribution >= 4 is 18.4 Å². The minimum absolute atomic E-state index is 0.131. The van der Waals surface area contributed by atoms with Crippen LogP contribution in [0.5, 0.6) is 11.5 Å². The highest BCUT2D eigenvalue weighted by molar-refractivity contribution is 7.62. The first-order valence-electron chi connectivity index (χ1n) is 4.98. The number of hydrogen-bond acceptors (Lipinski definition) is 2. The van der Waals surface area contributed by atoms with Crippen LogP contribution in [0.2, 0.25) is 0 Å². The number of ether oxygens (including phenoxy) is 1. The third-order valence-electron chi connectivity index (χ3n) is 2.64. The van der Waals surface area contributed by atoms with Crippen molar-refractivity contribution in [1.82, 2.24) is 0 Å². The number of fused-ring (bicyclic) bond motifs is 2. The fraction of sp³-hybridized carbons (Fsp3) is 0. The van der Waals surface area contributed by atoms with Gasteiger partial charge in [0.15, 0.2) is 11.6 Å². The molecule has 0 saturated carbocycles. The summed E-state index contributed by atoms with van der Waals surface area (Å²) in [5.74, 6) is -1.52. The molecule has 5 heteroatoms. The number of hydrogen-bond donors (Lipinski definition) is 0. The maximum Gasteiger partial charge on any atom is 0.173 e. The normalized spacial score (nSPS) is 16.9. The molecule has 0 saturated heterocycles. The van der Waals surface area contributed by atoms with Gasteiger partial charge in [0.1, 0.15) is 19.3 Å². The van der Waals surface area contributed by atoms with Gasteiger partial charge in [0.05, 0.1) is 10.6 Å². The van der Waals surface area contributed by atoms with Gasteiger partial charge >= 0.3 is 0 Å². The number of halogens is 2. The maximum atomic E-state index is 13.6. The highest BCUT2D eigenvalue weighted by Gasteiger charge is 2.28. The molecular formula is C12H7F2O2P. The molecule has 1 unspecified atom stereocenters. The van der Waals surface area contributed by atoms with E-state index in [9.17, 15) is 13.3 Å². The van der Waals surface area contributed by atoms with E-state index in [4.69, 9.17) is 4.74 Å². The molecule has 17 heavy (non-hydrogen) atoms. The van der Waals surface area contributed by atoms with E-state index < -0.39 is 19.4 Å². The zero-order valence-corrected chi connectivity index (χ0v) is 9.54. The van der Waals surface area contributed by atoms with E-state index in [1.807, 2.05) is 0 Å². The van der Waals surface area contributed by atoms with E-state index in [2.05, 4.69) is 0 Å². The summed E-state index contributed by atoms with van der Waals surface area (Å²) in [6, 6.07) is 8.95. The highest BCUT2D eigenvalue weighted by atomic mass is 31.1. The molecule has 2 aromatic carbocycles. The van der Waals surface area contributed by atoms with Crippen molar-refractivity contribution < 1.29 is 18.1 Å². The Morgan fingerprint density at radius 3 is 2.59 bits per heavy atom. The van der Waals surface area contributed by atoms with Crippen LogP contribution in [-0.2, 0) is 4.57 Å². The smallest absolute Gasteiger partial charge is 0.173 e. The quantitative estimate of drug-likeness (QED) is 0.575. The lowest BCUT2D eigenvalue weighted by molar-refractivity contribution is 0.467. The van der Waals surface area contributed by atoms with E-state index in [-0.39, 0.29) is 11.1 Å². The van der Waals surface area contributed by atoms with Crippen LogP contribution >= 0.6 is 7.80 Å². The summed E-state index contributed by atoms with van der Waals surface area (Å²) < 4.78 is 44.3. The van der Waals surface area contributed by atoms with Gasteiger partial charge in [-0.25, -0.2) is 8.78 Å². The van der Waals surface area contributed by atoms with Gasteiger partial charge < -0.3 is 9.30 Å². The van der Waals surface area contributed by atoms with Crippen LogP contribution in [0.1, 0.15) is 0 Å². The molecule has 0 fully saturated rings. The minimum Gasteiger partial charge on any atom is -0.456 e. The van der Waals surface area contributed by atoms with Gasteiger partial charge in [0.25, 0.3) is 0 Å². The van der Waals surface area contributed by atoms with Crippen LogP contribution in [0.3, 0.4) is 0 Å². The predicted molar refractivity (Wildman–Crippen MR) is 61.1 cm³/mol. The van der Waals surface area contributed by atoms with Crippen molar-refractivity contribution in [1.29, 1.82) is 0 Å². The SMILES string of the molecule is O=[PH]1c2ccccc2Oc2ccc(F)c(F)c21. The van der Waals surface area contributed by atoms with Gasteiger partial charge in [0.2, 0.25) is 0 Å². The van der Waals surface area contributed by atoms with Crippen LogP contribution in [-0.4, -0.2) is 0 Å². The maximum absolute atomic E-state index is 13.6. The Bertz CT molecular complexity index is 640. The molecule has 1 aliphatic heterocycles. The Balaban J connectivity index is 2.28. The van der Waals surface area contributed by atoms with E-state index in [1.54, 1.807) is 24.3 Å². The summed E-state index contributed by atoms with van der Waals surface area (Å²) >= 11 is 0. The Hall–Kier alpha value is -1.67. The second-order valence-corrected chi connectivity index (χ2v) is 5.36. The standard InChI is InChI=1S/C12H7F2O2P/c13-7-5-6-9-12(11(7)14)17(15)10-4-2-1-3-8(10)16-9/h1-6,17H. The van der Waals surface area contributed by atoms with Crippen LogP contribution in [0.15, 0.2) is 36.4 Å². The lowest BCUT2D eigenvalue weighted by atomic mass is 10.3. The summed E-state index contributed by atoms with van der Waals surface area (Å²) in [5.41, 5.74) is 0. The van der Waals surface area contributed by atoms with Crippen LogP contribution in [0.25, 0.3) is 0 Å². The van der Waals surface area contributed by atoms with Crippen molar-refractivity contribution in [3.8, 4) is 11.5 Å². The Kier molecular flexibility index (Phi) is 2.26. The molecule has 0 aliphatic carbocycles. The zero-order valence-electron chi connectivity index (χ0n) is 8.54. The van der Waals surface area contributed by atoms with Gasteiger partial charge in [-0.2, -0.15) is 0 Å². The van der Waals surface area contributed by atoms with Gasteiger partial charge in [-0.15, -0.1) is 0 Å². The van der Waals surface area contributed by atoms with Crippen LogP contribution in [0.4, 0.5) is 8.78 Å². The molecule has 2 aromatic rings. The molecule has 1 atom stereocenters. The largest absolute Gasteiger partial charge is 0.456 e. The fourth-order valence-corrected chi connectivity index (χ4v) is 3.38. The third-order valence-corrected chi connectivity index (χ3v) is 4.46. The van der Waals surface area contributed by atoms with Crippen molar-refractivity contribution in [3.05, 3.63) is 48.0 Å². The van der Waals surface area contributed by atoms with E-state index in [0.29, 0.717) is 11.1 Å². The first-order valence-corrected chi connectivity index (χ1v) is 6.39. The molecule has 1 aliphatic rings. The second kappa shape index (κ2) is 3.67. The third kappa shape index (κ3) is 1.48. The van der Waals surface area contributed by atoms with Crippen molar-refractivity contribution in [2.24, 2.45) is 0 Å². The molecule has 3 rings (SSSR count). The number of para-hydroxylation sites is 1. The molecule has 0 radical (unpaired) electrons. The molecule has 0 aromatic heterocycles. The minimum atomic E-state index is -2.55. The molecule has 0 N–H and O–H groups in total. The van der Waals surface area contributed by atoms with Gasteiger partial charge in [-0.3, -0.25) is 0 Å². The average molecular weight is 252 g/mol. The highest BCUT2D eigenvalue weighted by Crippen LogP contribution is 2.38. The molecule has 86 valence electrons. The molecule has 2 nitrogen and oxygen atoms in total. The first kappa shape index (κ1) is 10.5. The molecule has 0 amide bonds. The zero-order chi connectivity index (χ0) is 12.0. The lowest BCUT2D eigenvalue weighted by Crippen LogP contribution is -2.21. The Labute approximate surface area is 96.6 Å². The lowest BCUT2D eigenvalue weighted by Gasteiger charge is -2.20. The summed E-state index contributed by atoms with van der Waals surface area (Å²) in [4.78, 5) is 0. The van der Waals surface area contributed by atoms with E-state index in [1.165, 1.54) is 6.07 Å². The molecule has 0 bridgehead atoms. The number of benzene rings is 2. The first-order chi connectivity index (χ1) is 8.18. The average Bonchev–Trinajstić information content (AvgIpc) is 2.34. The fourth-order valence-electron chi connectivity index (χ4n) is 1.83. The summed E-state index contributed by atoms with van der Waals surface area (Å²) in [5, 5.41) is 0.267. The molecule has 1 heterocycles. The summed E-state index contributed by atoms with van der Waals surface area (Å²) in [6.07, 6.45) is 0. The van der Waals surface area contributed by atoms with E-state index >= 15 is 0 Å². The Morgan fingerprint density at radius 2 is 1.76 bits per heavy atom. The number of rotatable bonds is 0. The van der Waals surface area contributed by atoms with Gasteiger partial charge in [-0.05, 0) is 24.3 Å². The van der Waals surface area contributed by atoms with Gasteiger partial charge in [-0.1, -0.05) is 12.1 Å². The van der Waals surface area contributed by atoms with E-state index in [0.717, 1.165) is 6.07 Å². The van der Waals surface area contributed by atoms with Crippen molar-refractivity contribution in [2.45, 2.75) is 0 Å². The Morgan fingerprint density at radius 1 is 1.00 bits per heavy atom. The summed E-state index contributed by atoms with van der Waals surface area (Å²) in [7, 11) is -2.55. The second-order valence-electron chi connectivity index (χ2n) is 3.66. The monoisotopic (exact) mass is 252 g/mol. The van der Waals surface area contributed by atoms with Crippen molar-refractivity contribution in [3.63, 3.8) is 0 Å². The topological polar surface area (TPSA) is 26.3 Å². The van der Waals surface area contributed by atoms with Crippen LogP contribution in [0, 0.1) is 11.6 Å². The van der Waals surface area contributed by atoms with Crippen molar-refractivity contribution in [2.75, 3.05) is 0 Å². The molecular weight excluding hydrogens is 245 g/mol. The predicted octanol–water partition coefficient (Wildman–Crippen LogP) is 2.58. The van der Waals surface area contributed by atoms with Gasteiger partial charge in [0, 0.05) is 0 Å². The molecule has 0 spiro atoms.